The Morgan fingerprint density at radius 1 is 0.902 bits per heavy atom. The molecule has 0 heterocycles. The fourth-order valence-electron chi connectivity index (χ4n) is 3.46. The molecule has 3 aromatic rings. The van der Waals surface area contributed by atoms with Gasteiger partial charge in [0.1, 0.15) is 21.2 Å². The van der Waals surface area contributed by atoms with Crippen molar-refractivity contribution in [3.8, 4) is 11.5 Å². The van der Waals surface area contributed by atoms with Gasteiger partial charge in [-0.1, -0.05) is 5.75 Å². The number of aliphatic hydroxyl groups excluding tert-OH is 1. The van der Waals surface area contributed by atoms with Crippen LogP contribution in [-0.4, -0.2) is 64.8 Å². The molecule has 0 fully saturated rings. The minimum atomic E-state index is -5.29. The van der Waals surface area contributed by atoms with Crippen molar-refractivity contribution in [3.63, 3.8) is 0 Å². The van der Waals surface area contributed by atoms with Crippen molar-refractivity contribution < 1.29 is 114 Å². The molecule has 0 saturated carbocycles. The number of azo groups is 1. The molecule has 3 aromatic carbocycles. The Morgan fingerprint density at radius 2 is 1.51 bits per heavy atom. The Morgan fingerprint density at radius 3 is 2.02 bits per heavy atom. The Kier molecular flexibility index (Phi) is 12.9. The molecule has 0 spiro atoms. The van der Waals surface area contributed by atoms with Crippen molar-refractivity contribution in [2.75, 3.05) is 19.5 Å². The van der Waals surface area contributed by atoms with Gasteiger partial charge in [-0.3, -0.25) is 14.1 Å². The van der Waals surface area contributed by atoms with Crippen LogP contribution in [0.4, 0.5) is 17.1 Å². The van der Waals surface area contributed by atoms with Crippen LogP contribution in [0.1, 0.15) is 6.92 Å². The number of sulfone groups is 1. The van der Waals surface area contributed by atoms with Gasteiger partial charge in [0.25, 0.3) is 20.2 Å². The van der Waals surface area contributed by atoms with Crippen LogP contribution in [0.5, 0.6) is 11.5 Å². The predicted molar refractivity (Wildman–Crippen MR) is 132 cm³/mol. The van der Waals surface area contributed by atoms with Gasteiger partial charge in [-0.25, -0.2) is 8.42 Å². The summed E-state index contributed by atoms with van der Waals surface area (Å²) in [5.74, 6) is -2.86. The summed E-state index contributed by atoms with van der Waals surface area (Å²) in [6.07, 6.45) is 0. The summed E-state index contributed by atoms with van der Waals surface area (Å²) in [6.45, 7) is 0.336. The molecule has 0 aliphatic heterocycles. The fourth-order valence-corrected chi connectivity index (χ4v) is 5.83. The second-order valence-corrected chi connectivity index (χ2v) is 12.6. The molecule has 0 amide bonds. The normalized spacial score (nSPS) is 12.7. The van der Waals surface area contributed by atoms with E-state index in [-0.39, 0.29) is 75.4 Å². The summed E-state index contributed by atoms with van der Waals surface area (Å²) in [6, 6.07) is 5.52. The van der Waals surface area contributed by atoms with Crippen molar-refractivity contribution in [1.29, 1.82) is 0 Å². The van der Waals surface area contributed by atoms with E-state index in [1.54, 1.807) is 0 Å². The first-order valence-corrected chi connectivity index (χ1v) is 15.0. The molecule has 0 saturated heterocycles. The molecule has 20 heteroatoms. The van der Waals surface area contributed by atoms with Gasteiger partial charge in [0.05, 0.1) is 35.7 Å². The first kappa shape index (κ1) is 37.3. The largest absolute Gasteiger partial charge is 1.00 e. The van der Waals surface area contributed by atoms with E-state index in [0.29, 0.717) is 6.07 Å². The number of aliphatic imine (C=N–C) groups is 1. The number of benzene rings is 3. The monoisotopic (exact) mass is 647 g/mol. The molecular weight excluding hydrogens is 628 g/mol. The van der Waals surface area contributed by atoms with Gasteiger partial charge >= 0.3 is 59.1 Å². The van der Waals surface area contributed by atoms with E-state index in [1.807, 2.05) is 0 Å². The molecular formula is C21H19N3Na2O12S3. The number of methoxy groups -OCH3 is 1. The number of hydrogen-bond donors (Lipinski definition) is 3. The number of ether oxygens (including phenoxy) is 1. The fraction of sp³-hybridized carbons (Fsp3) is 0.190. The molecule has 0 unspecified atom stereocenters. The van der Waals surface area contributed by atoms with Crippen LogP contribution < -0.4 is 74.1 Å². The Balaban J connectivity index is 0.00000420. The molecule has 3 rings (SSSR count). The summed E-state index contributed by atoms with van der Waals surface area (Å²) in [5.41, 5.74) is -1.76. The number of fused-ring (bicyclic) bond motifs is 1. The second kappa shape index (κ2) is 14.2. The Hall–Kier alpha value is -1.68. The third-order valence-corrected chi connectivity index (χ3v) is 8.57. The summed E-state index contributed by atoms with van der Waals surface area (Å²) >= 11 is 0. The van der Waals surface area contributed by atoms with Crippen molar-refractivity contribution in [3.05, 3.63) is 36.4 Å². The van der Waals surface area contributed by atoms with Crippen LogP contribution >= 0.6 is 0 Å². The van der Waals surface area contributed by atoms with Crippen molar-refractivity contribution in [2.24, 2.45) is 15.2 Å². The number of rotatable bonds is 9. The average molecular weight is 648 g/mol. The predicted octanol–water partition coefficient (Wildman–Crippen LogP) is -4.98. The topological polar surface area (TPSA) is 256 Å². The van der Waals surface area contributed by atoms with Crippen LogP contribution in [-0.2, 0) is 30.1 Å². The van der Waals surface area contributed by atoms with Crippen LogP contribution in [0, 0.1) is 0 Å². The molecule has 0 aromatic heterocycles. The minimum Gasteiger partial charge on any atom is -0.870 e. The maximum absolute atomic E-state index is 13.4. The van der Waals surface area contributed by atoms with E-state index in [0.717, 1.165) is 31.2 Å². The quantitative estimate of drug-likeness (QED) is 0.0649. The molecule has 0 aliphatic rings. The maximum Gasteiger partial charge on any atom is 1.00 e. The summed E-state index contributed by atoms with van der Waals surface area (Å²) in [7, 11) is -13.1. The van der Waals surface area contributed by atoms with Crippen molar-refractivity contribution >= 4 is 63.8 Å². The Labute approximate surface area is 279 Å². The van der Waals surface area contributed by atoms with Gasteiger partial charge in [0.2, 0.25) is 0 Å². The van der Waals surface area contributed by atoms with Gasteiger partial charge in [0.15, 0.2) is 9.84 Å². The first-order chi connectivity index (χ1) is 18.0. The zero-order chi connectivity index (χ0) is 29.3. The van der Waals surface area contributed by atoms with Crippen LogP contribution in [0.25, 0.3) is 10.8 Å². The van der Waals surface area contributed by atoms with Gasteiger partial charge in [-0.2, -0.15) is 16.8 Å². The molecule has 0 atom stereocenters. The summed E-state index contributed by atoms with van der Waals surface area (Å²) in [4.78, 5) is 1.15. The Bertz CT molecular complexity index is 1860. The third kappa shape index (κ3) is 8.46. The van der Waals surface area contributed by atoms with Crippen LogP contribution in [0.15, 0.2) is 66.3 Å². The number of aliphatic hydroxyl groups is 1. The van der Waals surface area contributed by atoms with Crippen molar-refractivity contribution in [2.45, 2.75) is 21.6 Å². The van der Waals surface area contributed by atoms with Crippen molar-refractivity contribution in [1.82, 2.24) is 0 Å². The smallest absolute Gasteiger partial charge is 0.870 e. The van der Waals surface area contributed by atoms with E-state index >= 15 is 0 Å². The van der Waals surface area contributed by atoms with E-state index in [1.165, 1.54) is 13.2 Å². The maximum atomic E-state index is 13.4. The van der Waals surface area contributed by atoms with Crippen LogP contribution in [0.3, 0.4) is 0 Å². The minimum absolute atomic E-state index is 0. The SMILES string of the molecule is COc1ccc(S(=O)(=O)CCO)cc1N=Nc1c(S(=O)(=O)O)cc2c(S(=O)(=O)O)ccc(N=C(C)[O-])c2c1[O-].[Na+].[Na+]. The molecule has 0 radical (unpaired) electrons. The van der Waals surface area contributed by atoms with Gasteiger partial charge in [-0.15, -0.1) is 10.2 Å². The summed E-state index contributed by atoms with van der Waals surface area (Å²) < 4.78 is 97.3. The zero-order valence-electron chi connectivity index (χ0n) is 22.0. The van der Waals surface area contributed by atoms with E-state index in [9.17, 15) is 44.6 Å². The summed E-state index contributed by atoms with van der Waals surface area (Å²) in [5, 5.41) is 40.0. The molecule has 0 aliphatic carbocycles. The molecule has 3 N–H and O–H groups in total. The zero-order valence-corrected chi connectivity index (χ0v) is 28.4. The molecule has 41 heavy (non-hydrogen) atoms. The van der Waals surface area contributed by atoms with E-state index in [2.05, 4.69) is 15.2 Å². The van der Waals surface area contributed by atoms with Crippen LogP contribution in [0.2, 0.25) is 0 Å². The molecule has 15 nitrogen and oxygen atoms in total. The van der Waals surface area contributed by atoms with E-state index < -0.39 is 86.0 Å². The second-order valence-electron chi connectivity index (χ2n) is 7.71. The number of nitrogens with zero attached hydrogens (tertiary/aromatic N) is 3. The van der Waals surface area contributed by atoms with Gasteiger partial charge in [0, 0.05) is 10.8 Å². The standard InChI is InChI=1S/C21H21N3O12S3.2Na/c1-11(26)22-14-4-6-17(38(30,31)32)13-10-18(39(33,34)35)20(21(27)19(13)14)24-23-15-9-12(3-5-16(15)36-2)37(28,29)8-7-25;;/h3-6,9-10,25,27H,7-8H2,1-2H3,(H,22,26)(H,30,31,32)(H,33,34,35);;/q;2*+1/p-2. The molecule has 0 bridgehead atoms. The van der Waals surface area contributed by atoms with Gasteiger partial charge < -0.3 is 20.1 Å². The molecule has 210 valence electrons. The average Bonchev–Trinajstić information content (AvgIpc) is 2.81. The van der Waals surface area contributed by atoms with Gasteiger partial charge in [-0.05, 0) is 49.2 Å². The first-order valence-electron chi connectivity index (χ1n) is 10.4. The number of hydrogen-bond acceptors (Lipinski definition) is 13. The van der Waals surface area contributed by atoms with E-state index in [4.69, 9.17) is 9.84 Å². The third-order valence-electron chi connectivity index (χ3n) is 5.10.